The first kappa shape index (κ1) is 33.6. The van der Waals surface area contributed by atoms with Gasteiger partial charge in [-0.3, -0.25) is 9.35 Å². The van der Waals surface area contributed by atoms with Gasteiger partial charge in [-0.05, 0) is 56.3 Å². The molecule has 0 bridgehead atoms. The van der Waals surface area contributed by atoms with Crippen molar-refractivity contribution in [2.75, 3.05) is 18.1 Å². The predicted octanol–water partition coefficient (Wildman–Crippen LogP) is 5.42. The Morgan fingerprint density at radius 1 is 1.12 bits per heavy atom. The molecule has 232 valence electrons. The average Bonchev–Trinajstić information content (AvgIpc) is 3.27. The number of nitrogens with zero attached hydrogens (tertiary/aromatic N) is 3. The van der Waals surface area contributed by atoms with Gasteiger partial charge in [-0.1, -0.05) is 17.7 Å². The lowest BCUT2D eigenvalue weighted by atomic mass is 10.1. The molecule has 0 aliphatic heterocycles. The molecule has 0 unspecified atom stereocenters. The number of anilines is 2. The average molecular weight is 644 g/mol. The lowest BCUT2D eigenvalue weighted by Gasteiger charge is -2.16. The van der Waals surface area contributed by atoms with Crippen molar-refractivity contribution in [1.82, 2.24) is 19.9 Å². The minimum Gasteiger partial charge on any atom is -0.456 e. The van der Waals surface area contributed by atoms with E-state index in [1.54, 1.807) is 32.0 Å². The van der Waals surface area contributed by atoms with Gasteiger partial charge >= 0.3 is 6.18 Å². The second-order valence-electron chi connectivity index (χ2n) is 9.94. The van der Waals surface area contributed by atoms with Crippen molar-refractivity contribution in [1.29, 1.82) is 0 Å². The van der Waals surface area contributed by atoms with Crippen molar-refractivity contribution in [3.63, 3.8) is 0 Å². The standard InChI is InChI=1S/C26H25ClF3N5O3.CH4O3S/c1-25(2,37)14-22(36)31-9-11-35-10-8-20-23(35)24(33-15-32-20)34-17-6-7-21(19(27)13-17)38-18-5-3-4-16(12-18)26(28,29)30;1-5(2,3)4/h3-8,10,12-13,15,37H,9,11,14H2,1-2H3,(H,31,36)(H,32,33,34);1H3,(H,2,3,4). The molecule has 2 aromatic carbocycles. The number of nitrogens with one attached hydrogen (secondary N) is 2. The fourth-order valence-corrected chi connectivity index (χ4v) is 3.96. The minimum atomic E-state index is -4.49. The van der Waals surface area contributed by atoms with Crippen molar-refractivity contribution in [3.05, 3.63) is 71.6 Å². The zero-order valence-electron chi connectivity index (χ0n) is 23.2. The maximum Gasteiger partial charge on any atom is 0.416 e. The van der Waals surface area contributed by atoms with Crippen molar-refractivity contribution >= 4 is 50.2 Å². The van der Waals surface area contributed by atoms with E-state index in [0.29, 0.717) is 41.9 Å². The zero-order valence-corrected chi connectivity index (χ0v) is 24.8. The van der Waals surface area contributed by atoms with Gasteiger partial charge in [-0.25, -0.2) is 9.97 Å². The van der Waals surface area contributed by atoms with Gasteiger partial charge in [0.15, 0.2) is 5.82 Å². The summed E-state index contributed by atoms with van der Waals surface area (Å²) in [4.78, 5) is 20.6. The van der Waals surface area contributed by atoms with Crippen LogP contribution in [-0.2, 0) is 27.6 Å². The van der Waals surface area contributed by atoms with E-state index in [1.807, 2.05) is 16.8 Å². The van der Waals surface area contributed by atoms with Gasteiger partial charge in [0.1, 0.15) is 23.3 Å². The van der Waals surface area contributed by atoms with Gasteiger partial charge in [-0.15, -0.1) is 0 Å². The highest BCUT2D eigenvalue weighted by Gasteiger charge is 2.30. The molecule has 16 heteroatoms. The number of carbonyl (C=O) groups excluding carboxylic acids is 1. The van der Waals surface area contributed by atoms with Crippen LogP contribution in [0.1, 0.15) is 25.8 Å². The Labute approximate surface area is 250 Å². The van der Waals surface area contributed by atoms with Crippen LogP contribution >= 0.6 is 11.6 Å². The van der Waals surface area contributed by atoms with E-state index >= 15 is 0 Å². The van der Waals surface area contributed by atoms with Crippen LogP contribution in [0.5, 0.6) is 11.5 Å². The van der Waals surface area contributed by atoms with E-state index in [4.69, 9.17) is 20.9 Å². The van der Waals surface area contributed by atoms with Crippen molar-refractivity contribution in [2.45, 2.75) is 38.6 Å². The molecular weight excluding hydrogens is 615 g/mol. The van der Waals surface area contributed by atoms with E-state index in [9.17, 15) is 31.5 Å². The molecule has 43 heavy (non-hydrogen) atoms. The van der Waals surface area contributed by atoms with Gasteiger partial charge in [0.05, 0.1) is 34.4 Å². The smallest absolute Gasteiger partial charge is 0.416 e. The molecule has 4 aromatic rings. The maximum atomic E-state index is 13.0. The predicted molar refractivity (Wildman–Crippen MR) is 155 cm³/mol. The summed E-state index contributed by atoms with van der Waals surface area (Å²) < 4.78 is 72.3. The first-order valence-electron chi connectivity index (χ1n) is 12.5. The van der Waals surface area contributed by atoms with Crippen LogP contribution in [0.15, 0.2) is 61.1 Å². The summed E-state index contributed by atoms with van der Waals surface area (Å²) in [5, 5.41) is 15.9. The zero-order chi connectivity index (χ0) is 32.0. The molecule has 2 aromatic heterocycles. The van der Waals surface area contributed by atoms with E-state index < -0.39 is 27.5 Å². The first-order valence-corrected chi connectivity index (χ1v) is 14.7. The molecule has 4 rings (SSSR count). The fourth-order valence-electron chi connectivity index (χ4n) is 3.74. The van der Waals surface area contributed by atoms with Crippen LogP contribution < -0.4 is 15.4 Å². The van der Waals surface area contributed by atoms with Crippen LogP contribution in [0.4, 0.5) is 24.7 Å². The van der Waals surface area contributed by atoms with Crippen molar-refractivity contribution < 1.29 is 40.8 Å². The van der Waals surface area contributed by atoms with Crippen molar-refractivity contribution in [3.8, 4) is 11.5 Å². The van der Waals surface area contributed by atoms with Crippen LogP contribution in [0.25, 0.3) is 11.0 Å². The second-order valence-corrected chi connectivity index (χ2v) is 11.8. The molecule has 0 fully saturated rings. The highest BCUT2D eigenvalue weighted by atomic mass is 35.5. The molecule has 2 heterocycles. The highest BCUT2D eigenvalue weighted by Crippen LogP contribution is 2.36. The van der Waals surface area contributed by atoms with Gasteiger partial charge in [0.25, 0.3) is 10.1 Å². The molecule has 0 radical (unpaired) electrons. The number of hydrogen-bond donors (Lipinski definition) is 4. The SMILES string of the molecule is CC(C)(O)CC(=O)NCCn1ccc2ncnc(Nc3ccc(Oc4cccc(C(F)(F)F)c4)c(Cl)c3)c21.CS(=O)(=O)O. The third-order valence-corrected chi connectivity index (χ3v) is 5.70. The Hall–Kier alpha value is -3.92. The van der Waals surface area contributed by atoms with Crippen molar-refractivity contribution in [2.24, 2.45) is 0 Å². The number of amides is 1. The largest absolute Gasteiger partial charge is 0.456 e. The van der Waals surface area contributed by atoms with E-state index in [1.165, 1.54) is 18.5 Å². The van der Waals surface area contributed by atoms with Crippen LogP contribution in [0, 0.1) is 0 Å². The Morgan fingerprint density at radius 2 is 1.81 bits per heavy atom. The van der Waals surface area contributed by atoms with Crippen LogP contribution in [0.3, 0.4) is 0 Å². The molecule has 0 aliphatic rings. The quantitative estimate of drug-likeness (QED) is 0.175. The third kappa shape index (κ3) is 11.0. The Morgan fingerprint density at radius 3 is 2.44 bits per heavy atom. The molecule has 11 nitrogen and oxygen atoms in total. The number of aliphatic hydroxyl groups is 1. The van der Waals surface area contributed by atoms with Gasteiger partial charge in [-0.2, -0.15) is 21.6 Å². The molecule has 0 saturated carbocycles. The lowest BCUT2D eigenvalue weighted by Crippen LogP contribution is -2.33. The molecular formula is C27H29ClF3N5O6S. The summed E-state index contributed by atoms with van der Waals surface area (Å²) in [6.07, 6.45) is -0.547. The summed E-state index contributed by atoms with van der Waals surface area (Å²) in [6, 6.07) is 11.1. The molecule has 0 spiro atoms. The number of hydrogen-bond acceptors (Lipinski definition) is 8. The summed E-state index contributed by atoms with van der Waals surface area (Å²) in [5.41, 5.74) is 0.0320. The second kappa shape index (κ2) is 13.6. The molecule has 0 atom stereocenters. The first-order chi connectivity index (χ1) is 19.9. The van der Waals surface area contributed by atoms with Gasteiger partial charge < -0.3 is 25.0 Å². The number of rotatable bonds is 9. The molecule has 0 aliphatic carbocycles. The van der Waals surface area contributed by atoms with E-state index in [0.717, 1.165) is 12.1 Å². The van der Waals surface area contributed by atoms with Gasteiger partial charge in [0, 0.05) is 25.0 Å². The normalized spacial score (nSPS) is 11.9. The highest BCUT2D eigenvalue weighted by molar-refractivity contribution is 7.85. The number of ether oxygens (including phenoxy) is 1. The molecule has 0 saturated heterocycles. The minimum absolute atomic E-state index is 0.00686. The van der Waals surface area contributed by atoms with E-state index in [-0.39, 0.29) is 28.8 Å². The topological polar surface area (TPSA) is 156 Å². The molecule has 4 N–H and O–H groups in total. The number of carbonyl (C=O) groups is 1. The lowest BCUT2D eigenvalue weighted by molar-refractivity contribution is -0.137. The fraction of sp³-hybridized carbons (Fsp3) is 0.296. The van der Waals surface area contributed by atoms with Crippen LogP contribution in [0.2, 0.25) is 5.02 Å². The number of alkyl halides is 3. The Kier molecular flexibility index (Phi) is 10.6. The number of fused-ring (bicyclic) bond motifs is 1. The van der Waals surface area contributed by atoms with Crippen LogP contribution in [-0.4, -0.2) is 56.9 Å². The monoisotopic (exact) mass is 643 g/mol. The number of halogens is 4. The Bertz CT molecular complexity index is 1680. The number of aromatic nitrogens is 3. The summed E-state index contributed by atoms with van der Waals surface area (Å²) in [7, 11) is -3.67. The summed E-state index contributed by atoms with van der Waals surface area (Å²) in [5.74, 6) is 0.429. The van der Waals surface area contributed by atoms with E-state index in [2.05, 4.69) is 20.6 Å². The summed E-state index contributed by atoms with van der Waals surface area (Å²) in [6.45, 7) is 3.91. The van der Waals surface area contributed by atoms with Gasteiger partial charge in [0.2, 0.25) is 5.91 Å². The Balaban J connectivity index is 0.000000934. The number of benzene rings is 2. The third-order valence-electron chi connectivity index (χ3n) is 5.40. The summed E-state index contributed by atoms with van der Waals surface area (Å²) >= 11 is 6.36. The molecule has 1 amide bonds. The maximum absolute atomic E-state index is 13.0.